The fourth-order valence-electron chi connectivity index (χ4n) is 3.23. The minimum Gasteiger partial charge on any atom is -0.478 e. The lowest BCUT2D eigenvalue weighted by molar-refractivity contribution is 0.0697. The van der Waals surface area contributed by atoms with Gasteiger partial charge in [0.25, 0.3) is 0 Å². The van der Waals surface area contributed by atoms with Gasteiger partial charge in [0.05, 0.1) is 5.56 Å². The second-order valence-corrected chi connectivity index (χ2v) is 6.44. The number of carboxylic acids is 1. The Morgan fingerprint density at radius 3 is 1.75 bits per heavy atom. The molecule has 0 fully saturated rings. The maximum Gasteiger partial charge on any atom is 0.335 e. The van der Waals surface area contributed by atoms with Crippen LogP contribution in [0.3, 0.4) is 0 Å². The molecule has 0 saturated carbocycles. The van der Waals surface area contributed by atoms with Gasteiger partial charge in [-0.3, -0.25) is 0 Å². The van der Waals surface area contributed by atoms with Gasteiger partial charge < -0.3 is 10.0 Å². The van der Waals surface area contributed by atoms with Gasteiger partial charge in [-0.25, -0.2) is 4.79 Å². The van der Waals surface area contributed by atoms with Crippen molar-refractivity contribution in [3.05, 3.63) is 115 Å². The van der Waals surface area contributed by atoms with Crippen LogP contribution in [0.5, 0.6) is 0 Å². The molecule has 0 aromatic heterocycles. The molecule has 0 radical (unpaired) electrons. The zero-order valence-electron chi connectivity index (χ0n) is 15.2. The number of carboxylic acid groups (broad SMARTS) is 1. The van der Waals surface area contributed by atoms with Gasteiger partial charge in [-0.1, -0.05) is 60.7 Å². The second kappa shape index (κ2) is 7.80. The van der Waals surface area contributed by atoms with Crippen LogP contribution in [-0.4, -0.2) is 11.1 Å². The fraction of sp³-hybridized carbons (Fsp3) is 0. The van der Waals surface area contributed by atoms with Gasteiger partial charge in [0.2, 0.25) is 0 Å². The van der Waals surface area contributed by atoms with Gasteiger partial charge in [-0.15, -0.1) is 0 Å². The van der Waals surface area contributed by atoms with Gasteiger partial charge in [0.1, 0.15) is 0 Å². The molecule has 0 heterocycles. The first-order valence-corrected chi connectivity index (χ1v) is 9.06. The number of hydrogen-bond acceptors (Lipinski definition) is 2. The van der Waals surface area contributed by atoms with Crippen LogP contribution in [0.25, 0.3) is 11.1 Å². The van der Waals surface area contributed by atoms with Crippen LogP contribution in [0, 0.1) is 0 Å². The van der Waals surface area contributed by atoms with E-state index in [1.807, 2.05) is 66.7 Å². The summed E-state index contributed by atoms with van der Waals surface area (Å²) in [4.78, 5) is 13.3. The Morgan fingerprint density at radius 1 is 0.571 bits per heavy atom. The van der Waals surface area contributed by atoms with E-state index in [4.69, 9.17) is 0 Å². The van der Waals surface area contributed by atoms with E-state index in [0.29, 0.717) is 0 Å². The molecule has 3 nitrogen and oxygen atoms in total. The summed E-state index contributed by atoms with van der Waals surface area (Å²) < 4.78 is 0. The Labute approximate surface area is 164 Å². The van der Waals surface area contributed by atoms with E-state index in [2.05, 4.69) is 35.2 Å². The van der Waals surface area contributed by atoms with Crippen molar-refractivity contribution in [3.8, 4) is 11.1 Å². The van der Waals surface area contributed by atoms with Crippen LogP contribution in [0.4, 0.5) is 17.1 Å². The first kappa shape index (κ1) is 17.6. The monoisotopic (exact) mass is 365 g/mol. The Kier molecular flexibility index (Phi) is 4.89. The van der Waals surface area contributed by atoms with E-state index in [-0.39, 0.29) is 5.56 Å². The highest BCUT2D eigenvalue weighted by molar-refractivity contribution is 5.89. The Morgan fingerprint density at radius 2 is 1.11 bits per heavy atom. The smallest absolute Gasteiger partial charge is 0.335 e. The molecule has 0 aliphatic carbocycles. The third kappa shape index (κ3) is 3.64. The zero-order chi connectivity index (χ0) is 19.3. The van der Waals surface area contributed by atoms with E-state index in [0.717, 1.165) is 28.2 Å². The molecule has 0 aliphatic heterocycles. The molecule has 0 aliphatic rings. The highest BCUT2D eigenvalue weighted by atomic mass is 16.4. The van der Waals surface area contributed by atoms with Crippen molar-refractivity contribution in [2.24, 2.45) is 0 Å². The predicted octanol–water partition coefficient (Wildman–Crippen LogP) is 6.52. The van der Waals surface area contributed by atoms with Crippen LogP contribution in [-0.2, 0) is 0 Å². The zero-order valence-corrected chi connectivity index (χ0v) is 15.2. The number of nitrogens with zero attached hydrogens (tertiary/aromatic N) is 1. The number of aromatic carboxylic acids is 1. The van der Waals surface area contributed by atoms with Crippen molar-refractivity contribution in [1.29, 1.82) is 0 Å². The number of benzene rings is 4. The molecular formula is C25H19NO2. The minimum absolute atomic E-state index is 0.273. The largest absolute Gasteiger partial charge is 0.478 e. The van der Waals surface area contributed by atoms with Crippen molar-refractivity contribution in [1.82, 2.24) is 0 Å². The lowest BCUT2D eigenvalue weighted by atomic mass is 10.0. The maximum atomic E-state index is 11.2. The Bertz CT molecular complexity index is 1070. The molecule has 136 valence electrons. The third-order valence-corrected chi connectivity index (χ3v) is 4.60. The van der Waals surface area contributed by atoms with Gasteiger partial charge in [-0.2, -0.15) is 0 Å². The molecule has 0 bridgehead atoms. The molecule has 0 unspecified atom stereocenters. The standard InChI is InChI=1S/C25H19NO2/c27-25(28)20-14-16-23(17-15-20)26(22-11-5-2-6-12-22)24-13-7-10-21(18-24)19-8-3-1-4-9-19/h1-18H,(H,27,28). The van der Waals surface area contributed by atoms with Crippen LogP contribution in [0.2, 0.25) is 0 Å². The fourth-order valence-corrected chi connectivity index (χ4v) is 3.23. The summed E-state index contributed by atoms with van der Waals surface area (Å²) in [5, 5.41) is 9.20. The number of carbonyl (C=O) groups is 1. The van der Waals surface area contributed by atoms with Crippen LogP contribution in [0.1, 0.15) is 10.4 Å². The maximum absolute atomic E-state index is 11.2. The van der Waals surface area contributed by atoms with Crippen LogP contribution >= 0.6 is 0 Å². The van der Waals surface area contributed by atoms with E-state index >= 15 is 0 Å². The molecule has 0 spiro atoms. The predicted molar refractivity (Wildman–Crippen MR) is 114 cm³/mol. The normalized spacial score (nSPS) is 10.4. The van der Waals surface area contributed by atoms with E-state index in [1.165, 1.54) is 0 Å². The molecule has 0 amide bonds. The molecule has 3 heteroatoms. The van der Waals surface area contributed by atoms with Crippen molar-refractivity contribution in [2.45, 2.75) is 0 Å². The average molecular weight is 365 g/mol. The highest BCUT2D eigenvalue weighted by Gasteiger charge is 2.13. The molecule has 4 aromatic rings. The lowest BCUT2D eigenvalue weighted by Gasteiger charge is -2.26. The molecule has 4 rings (SSSR count). The number of anilines is 3. The summed E-state index contributed by atoms with van der Waals surface area (Å²) in [7, 11) is 0. The molecule has 0 atom stereocenters. The summed E-state index contributed by atoms with van der Waals surface area (Å²) in [6.45, 7) is 0. The molecular weight excluding hydrogens is 346 g/mol. The van der Waals surface area contributed by atoms with E-state index < -0.39 is 5.97 Å². The van der Waals surface area contributed by atoms with Gasteiger partial charge in [0, 0.05) is 17.1 Å². The van der Waals surface area contributed by atoms with Crippen molar-refractivity contribution in [3.63, 3.8) is 0 Å². The topological polar surface area (TPSA) is 40.5 Å². The first-order valence-electron chi connectivity index (χ1n) is 9.06. The Balaban J connectivity index is 1.82. The molecule has 4 aromatic carbocycles. The van der Waals surface area contributed by atoms with Gasteiger partial charge >= 0.3 is 5.97 Å². The van der Waals surface area contributed by atoms with Crippen molar-refractivity contribution in [2.75, 3.05) is 4.90 Å². The molecule has 0 saturated heterocycles. The molecule has 1 N–H and O–H groups in total. The number of para-hydroxylation sites is 1. The summed E-state index contributed by atoms with van der Waals surface area (Å²) in [5.74, 6) is -0.927. The summed E-state index contributed by atoms with van der Waals surface area (Å²) >= 11 is 0. The van der Waals surface area contributed by atoms with E-state index in [1.54, 1.807) is 12.1 Å². The summed E-state index contributed by atoms with van der Waals surface area (Å²) in [6, 6.07) is 35.6. The first-order chi connectivity index (χ1) is 13.7. The quantitative estimate of drug-likeness (QED) is 0.437. The van der Waals surface area contributed by atoms with Crippen molar-refractivity contribution >= 4 is 23.0 Å². The highest BCUT2D eigenvalue weighted by Crippen LogP contribution is 2.36. The number of rotatable bonds is 5. The Hall–Kier alpha value is -3.85. The second-order valence-electron chi connectivity index (χ2n) is 6.44. The lowest BCUT2D eigenvalue weighted by Crippen LogP contribution is -2.10. The van der Waals surface area contributed by atoms with Gasteiger partial charge in [0.15, 0.2) is 0 Å². The van der Waals surface area contributed by atoms with Crippen LogP contribution < -0.4 is 4.90 Å². The molecule has 28 heavy (non-hydrogen) atoms. The third-order valence-electron chi connectivity index (χ3n) is 4.60. The number of hydrogen-bond donors (Lipinski definition) is 1. The van der Waals surface area contributed by atoms with Crippen molar-refractivity contribution < 1.29 is 9.90 Å². The van der Waals surface area contributed by atoms with Crippen LogP contribution in [0.15, 0.2) is 109 Å². The minimum atomic E-state index is -0.927. The average Bonchev–Trinajstić information content (AvgIpc) is 2.76. The van der Waals surface area contributed by atoms with Gasteiger partial charge in [-0.05, 0) is 59.7 Å². The SMILES string of the molecule is O=C(O)c1ccc(N(c2ccccc2)c2cccc(-c3ccccc3)c2)cc1. The summed E-state index contributed by atoms with van der Waals surface area (Å²) in [5.41, 5.74) is 5.47. The van der Waals surface area contributed by atoms with E-state index in [9.17, 15) is 9.90 Å². The summed E-state index contributed by atoms with van der Waals surface area (Å²) in [6.07, 6.45) is 0.